The van der Waals surface area contributed by atoms with Crippen LogP contribution >= 0.6 is 0 Å². The second-order valence-corrected chi connectivity index (χ2v) is 8.72. The number of para-hydroxylation sites is 1. The number of fused-ring (bicyclic) bond motifs is 1. The van der Waals surface area contributed by atoms with Crippen LogP contribution in [-0.2, 0) is 16.0 Å². The van der Waals surface area contributed by atoms with Crippen molar-refractivity contribution >= 4 is 17.5 Å². The van der Waals surface area contributed by atoms with E-state index in [1.54, 1.807) is 18.1 Å². The smallest absolute Gasteiger partial charge is 0.261 e. The van der Waals surface area contributed by atoms with Crippen molar-refractivity contribution in [3.05, 3.63) is 83.2 Å². The van der Waals surface area contributed by atoms with E-state index in [2.05, 4.69) is 16.3 Å². The number of carbonyl (C=O) groups is 2. The van der Waals surface area contributed by atoms with Crippen molar-refractivity contribution in [1.29, 1.82) is 0 Å². The minimum absolute atomic E-state index is 0.000598. The number of H-pyrrole nitrogens is 1. The van der Waals surface area contributed by atoms with Crippen molar-refractivity contribution in [1.82, 2.24) is 15.1 Å². The van der Waals surface area contributed by atoms with Gasteiger partial charge in [-0.1, -0.05) is 42.5 Å². The Balaban J connectivity index is 1.34. The molecule has 33 heavy (non-hydrogen) atoms. The first-order chi connectivity index (χ1) is 16.1. The number of piperidine rings is 1. The fourth-order valence-corrected chi connectivity index (χ4v) is 4.90. The van der Waals surface area contributed by atoms with Crippen LogP contribution in [0.2, 0.25) is 0 Å². The molecular weight excluding hydrogens is 416 g/mol. The number of nitrogens with zero attached hydrogens (tertiary/aromatic N) is 3. The zero-order valence-corrected chi connectivity index (χ0v) is 18.7. The number of benzene rings is 2. The molecule has 2 amide bonds. The molecule has 1 aromatic heterocycles. The van der Waals surface area contributed by atoms with E-state index in [1.165, 1.54) is 5.56 Å². The van der Waals surface area contributed by atoms with Crippen molar-refractivity contribution < 1.29 is 14.3 Å². The number of ether oxygens (including phenoxy) is 1. The first kappa shape index (κ1) is 21.4. The van der Waals surface area contributed by atoms with Gasteiger partial charge in [-0.15, -0.1) is 0 Å². The Labute approximate surface area is 193 Å². The van der Waals surface area contributed by atoms with Crippen molar-refractivity contribution in [2.75, 3.05) is 31.6 Å². The number of anilines is 1. The molecule has 7 heteroatoms. The molecule has 0 bridgehead atoms. The summed E-state index contributed by atoms with van der Waals surface area (Å²) in [4.78, 5) is 30.2. The summed E-state index contributed by atoms with van der Waals surface area (Å²) in [6, 6.07) is 17.6. The highest BCUT2D eigenvalue weighted by Gasteiger charge is 2.35. The summed E-state index contributed by atoms with van der Waals surface area (Å²) in [5.41, 5.74) is 4.33. The Bertz CT molecular complexity index is 1140. The molecule has 1 saturated heterocycles. The molecule has 1 N–H and O–H groups in total. The van der Waals surface area contributed by atoms with Gasteiger partial charge in [-0.25, -0.2) is 0 Å². The van der Waals surface area contributed by atoms with E-state index in [1.807, 2.05) is 53.4 Å². The highest BCUT2D eigenvalue weighted by atomic mass is 16.5. The molecule has 0 spiro atoms. The van der Waals surface area contributed by atoms with E-state index in [9.17, 15) is 9.59 Å². The summed E-state index contributed by atoms with van der Waals surface area (Å²) in [6.45, 7) is 1.78. The Morgan fingerprint density at radius 3 is 2.76 bits per heavy atom. The molecule has 1 fully saturated rings. The molecule has 2 aromatic carbocycles. The largest absolute Gasteiger partial charge is 0.363 e. The van der Waals surface area contributed by atoms with E-state index >= 15 is 0 Å². The van der Waals surface area contributed by atoms with Gasteiger partial charge in [0, 0.05) is 31.7 Å². The monoisotopic (exact) mass is 444 g/mol. The summed E-state index contributed by atoms with van der Waals surface area (Å²) >= 11 is 0. The zero-order valence-electron chi connectivity index (χ0n) is 18.7. The Hall–Kier alpha value is -3.45. The van der Waals surface area contributed by atoms with Gasteiger partial charge < -0.3 is 14.5 Å². The predicted molar refractivity (Wildman–Crippen MR) is 125 cm³/mol. The Morgan fingerprint density at radius 1 is 1.12 bits per heavy atom. The lowest BCUT2D eigenvalue weighted by Gasteiger charge is -2.36. The fraction of sp³-hybridized carbons (Fsp3) is 0.346. The second kappa shape index (κ2) is 9.19. The topological polar surface area (TPSA) is 78.5 Å². The quantitative estimate of drug-likeness (QED) is 0.666. The minimum atomic E-state index is -0.555. The maximum atomic E-state index is 13.4. The van der Waals surface area contributed by atoms with Gasteiger partial charge >= 0.3 is 0 Å². The number of carbonyl (C=O) groups excluding carboxylic acids is 2. The third-order valence-electron chi connectivity index (χ3n) is 6.71. The van der Waals surface area contributed by atoms with Gasteiger partial charge in [0.15, 0.2) is 6.10 Å². The van der Waals surface area contributed by atoms with Gasteiger partial charge in [0.25, 0.3) is 11.8 Å². The molecule has 0 aliphatic carbocycles. The number of aromatic nitrogens is 2. The van der Waals surface area contributed by atoms with E-state index in [-0.39, 0.29) is 17.7 Å². The van der Waals surface area contributed by atoms with Gasteiger partial charge in [-0.3, -0.25) is 14.7 Å². The number of nitrogens with one attached hydrogen (secondary N) is 1. The molecule has 7 nitrogen and oxygen atoms in total. The molecule has 5 rings (SSSR count). The lowest BCUT2D eigenvalue weighted by atomic mass is 9.91. The van der Waals surface area contributed by atoms with Crippen LogP contribution in [0.25, 0.3) is 0 Å². The summed E-state index contributed by atoms with van der Waals surface area (Å²) in [6.07, 6.45) is 3.63. The molecule has 0 radical (unpaired) electrons. The fourth-order valence-electron chi connectivity index (χ4n) is 4.90. The molecule has 3 heterocycles. The normalized spacial score (nSPS) is 20.2. The van der Waals surface area contributed by atoms with Gasteiger partial charge in [0.2, 0.25) is 0 Å². The number of rotatable bonds is 4. The number of likely N-dealkylation sites (tertiary alicyclic amines) is 1. The zero-order chi connectivity index (χ0) is 22.8. The number of hydrogen-bond donors (Lipinski definition) is 1. The molecule has 2 unspecified atom stereocenters. The van der Waals surface area contributed by atoms with E-state index in [0.717, 1.165) is 36.2 Å². The van der Waals surface area contributed by atoms with Crippen LogP contribution < -0.4 is 4.90 Å². The van der Waals surface area contributed by atoms with Crippen LogP contribution in [0.3, 0.4) is 0 Å². The molecule has 2 atom stereocenters. The van der Waals surface area contributed by atoms with Crippen LogP contribution in [0.15, 0.2) is 60.8 Å². The predicted octanol–water partition coefficient (Wildman–Crippen LogP) is 3.71. The van der Waals surface area contributed by atoms with E-state index in [4.69, 9.17) is 4.74 Å². The first-order valence-corrected chi connectivity index (χ1v) is 11.5. The summed E-state index contributed by atoms with van der Waals surface area (Å²) in [5.74, 6) is -0.0919. The number of amides is 2. The highest BCUT2D eigenvalue weighted by Crippen LogP contribution is 2.33. The minimum Gasteiger partial charge on any atom is -0.363 e. The average Bonchev–Trinajstić information content (AvgIpc) is 3.38. The van der Waals surface area contributed by atoms with Crippen molar-refractivity contribution in [2.24, 2.45) is 0 Å². The third-order valence-corrected chi connectivity index (χ3v) is 6.71. The van der Waals surface area contributed by atoms with Gasteiger partial charge in [0.1, 0.15) is 0 Å². The van der Waals surface area contributed by atoms with Crippen LogP contribution in [0.1, 0.15) is 52.0 Å². The summed E-state index contributed by atoms with van der Waals surface area (Å²) in [7, 11) is 1.77. The summed E-state index contributed by atoms with van der Waals surface area (Å²) in [5, 5.41) is 7.23. The average molecular weight is 445 g/mol. The SMILES string of the molecule is CN(C(=O)c1cn[nH]c1C1CCCN(C(=O)C2OCCc3ccccc32)C1)c1ccccc1. The lowest BCUT2D eigenvalue weighted by Crippen LogP contribution is -2.43. The first-order valence-electron chi connectivity index (χ1n) is 11.5. The van der Waals surface area contributed by atoms with Crippen molar-refractivity contribution in [2.45, 2.75) is 31.3 Å². The molecule has 170 valence electrons. The van der Waals surface area contributed by atoms with Crippen LogP contribution in [-0.4, -0.2) is 53.7 Å². The standard InChI is InChI=1S/C26H28N4O3/c1-29(20-10-3-2-4-11-20)25(31)22-16-27-28-23(22)19-9-7-14-30(17-19)26(32)24-21-12-6-5-8-18(21)13-15-33-24/h2-6,8,10-12,16,19,24H,7,9,13-15,17H2,1H3,(H,27,28). The van der Waals surface area contributed by atoms with Gasteiger partial charge in [-0.2, -0.15) is 5.10 Å². The Morgan fingerprint density at radius 2 is 1.91 bits per heavy atom. The molecular formula is C26H28N4O3. The number of aromatic amines is 1. The molecule has 2 aliphatic heterocycles. The van der Waals surface area contributed by atoms with Gasteiger partial charge in [0.05, 0.1) is 24.1 Å². The van der Waals surface area contributed by atoms with Crippen LogP contribution in [0, 0.1) is 0 Å². The van der Waals surface area contributed by atoms with Gasteiger partial charge in [-0.05, 0) is 42.5 Å². The third kappa shape index (κ3) is 4.16. The van der Waals surface area contributed by atoms with E-state index in [0.29, 0.717) is 25.3 Å². The molecule has 3 aromatic rings. The molecule has 2 aliphatic rings. The second-order valence-electron chi connectivity index (χ2n) is 8.72. The van der Waals surface area contributed by atoms with E-state index < -0.39 is 6.10 Å². The van der Waals surface area contributed by atoms with Crippen LogP contribution in [0.4, 0.5) is 5.69 Å². The summed E-state index contributed by atoms with van der Waals surface area (Å²) < 4.78 is 5.92. The van der Waals surface area contributed by atoms with Crippen molar-refractivity contribution in [3.8, 4) is 0 Å². The number of hydrogen-bond acceptors (Lipinski definition) is 4. The van der Waals surface area contributed by atoms with Crippen molar-refractivity contribution in [3.63, 3.8) is 0 Å². The lowest BCUT2D eigenvalue weighted by molar-refractivity contribution is -0.146. The van der Waals surface area contributed by atoms with Crippen LogP contribution in [0.5, 0.6) is 0 Å². The maximum Gasteiger partial charge on any atom is 0.261 e. The highest BCUT2D eigenvalue weighted by molar-refractivity contribution is 6.06. The molecule has 0 saturated carbocycles. The Kier molecular flexibility index (Phi) is 5.96. The maximum absolute atomic E-state index is 13.4.